The monoisotopic (exact) mass is 280 g/mol. The van der Waals surface area contributed by atoms with Crippen LogP contribution in [-0.4, -0.2) is 16.2 Å². The van der Waals surface area contributed by atoms with E-state index in [0.717, 1.165) is 5.56 Å². The van der Waals surface area contributed by atoms with Crippen LogP contribution < -0.4 is 5.73 Å². The molecule has 3 N–H and O–H groups in total. The third-order valence-electron chi connectivity index (χ3n) is 2.87. The fourth-order valence-electron chi connectivity index (χ4n) is 1.91. The van der Waals surface area contributed by atoms with Crippen LogP contribution in [0.15, 0.2) is 36.5 Å². The second-order valence-corrected chi connectivity index (χ2v) is 4.73. The van der Waals surface area contributed by atoms with E-state index in [0.29, 0.717) is 17.8 Å². The number of hydrogen-bond acceptors (Lipinski definition) is 3. The zero-order valence-electron chi connectivity index (χ0n) is 10.2. The smallest absolute Gasteiger partial charge is 0.145 e. The molecule has 5 heteroatoms. The van der Waals surface area contributed by atoms with Crippen molar-refractivity contribution >= 4 is 17.4 Å². The summed E-state index contributed by atoms with van der Waals surface area (Å²) >= 11 is 5.70. The minimum absolute atomic E-state index is 0.0607. The number of halogens is 2. The van der Waals surface area contributed by atoms with Gasteiger partial charge >= 0.3 is 0 Å². The molecule has 3 nitrogen and oxygen atoms in total. The van der Waals surface area contributed by atoms with Gasteiger partial charge in [0, 0.05) is 19.0 Å². The summed E-state index contributed by atoms with van der Waals surface area (Å²) in [6.07, 6.45) is 1.35. The molecule has 1 aromatic carbocycles. The standard InChI is InChI=1S/C14H14ClFN2O/c15-12-5-1-3-9(13(12)16)7-11(19)8-10-4-2-6-18-14(10)17/h1-6,11,19H,7-8H2,(H2,17,18). The molecule has 0 aliphatic carbocycles. The minimum Gasteiger partial charge on any atom is -0.392 e. The van der Waals surface area contributed by atoms with Crippen molar-refractivity contribution in [3.63, 3.8) is 0 Å². The third kappa shape index (κ3) is 3.43. The SMILES string of the molecule is Nc1ncccc1CC(O)Cc1cccc(Cl)c1F. The molecule has 0 amide bonds. The van der Waals surface area contributed by atoms with E-state index in [1.807, 2.05) is 0 Å². The van der Waals surface area contributed by atoms with Crippen molar-refractivity contribution in [3.05, 3.63) is 58.5 Å². The molecule has 0 spiro atoms. The maximum absolute atomic E-state index is 13.7. The average molecular weight is 281 g/mol. The molecular formula is C14H14ClFN2O. The van der Waals surface area contributed by atoms with Crippen molar-refractivity contribution in [2.75, 3.05) is 5.73 Å². The van der Waals surface area contributed by atoms with E-state index in [2.05, 4.69) is 4.98 Å². The number of pyridine rings is 1. The number of aliphatic hydroxyl groups excluding tert-OH is 1. The Hall–Kier alpha value is -1.65. The second kappa shape index (κ2) is 5.99. The number of nitrogens with zero attached hydrogens (tertiary/aromatic N) is 1. The van der Waals surface area contributed by atoms with E-state index in [1.54, 1.807) is 30.5 Å². The lowest BCUT2D eigenvalue weighted by Crippen LogP contribution is -2.16. The minimum atomic E-state index is -0.737. The van der Waals surface area contributed by atoms with Gasteiger partial charge in [0.25, 0.3) is 0 Å². The van der Waals surface area contributed by atoms with Crippen LogP contribution in [0.4, 0.5) is 10.2 Å². The van der Waals surface area contributed by atoms with Gasteiger partial charge in [-0.3, -0.25) is 0 Å². The van der Waals surface area contributed by atoms with Crippen molar-refractivity contribution < 1.29 is 9.50 Å². The third-order valence-corrected chi connectivity index (χ3v) is 3.16. The first-order chi connectivity index (χ1) is 9.08. The van der Waals surface area contributed by atoms with Gasteiger partial charge in [-0.15, -0.1) is 0 Å². The molecule has 0 bridgehead atoms. The fraction of sp³-hybridized carbons (Fsp3) is 0.214. The molecule has 0 aliphatic rings. The maximum atomic E-state index is 13.7. The van der Waals surface area contributed by atoms with Crippen molar-refractivity contribution in [1.82, 2.24) is 4.98 Å². The van der Waals surface area contributed by atoms with Crippen molar-refractivity contribution in [1.29, 1.82) is 0 Å². The summed E-state index contributed by atoms with van der Waals surface area (Å²) in [7, 11) is 0. The predicted molar refractivity (Wildman–Crippen MR) is 73.5 cm³/mol. The Morgan fingerprint density at radius 3 is 2.63 bits per heavy atom. The normalized spacial score (nSPS) is 12.4. The first-order valence-corrected chi connectivity index (χ1v) is 6.26. The Morgan fingerprint density at radius 1 is 1.21 bits per heavy atom. The molecule has 1 heterocycles. The number of anilines is 1. The molecule has 0 radical (unpaired) electrons. The van der Waals surface area contributed by atoms with Gasteiger partial charge < -0.3 is 10.8 Å². The molecule has 19 heavy (non-hydrogen) atoms. The molecule has 0 aliphatic heterocycles. The van der Waals surface area contributed by atoms with Gasteiger partial charge in [0.1, 0.15) is 11.6 Å². The quantitative estimate of drug-likeness (QED) is 0.905. The zero-order valence-corrected chi connectivity index (χ0v) is 10.9. The van der Waals surface area contributed by atoms with E-state index in [-0.39, 0.29) is 11.4 Å². The van der Waals surface area contributed by atoms with Crippen molar-refractivity contribution in [3.8, 4) is 0 Å². The summed E-state index contributed by atoms with van der Waals surface area (Å²) in [5.74, 6) is -0.101. The number of aromatic nitrogens is 1. The Bertz CT molecular complexity index is 577. The van der Waals surface area contributed by atoms with E-state index in [9.17, 15) is 9.50 Å². The van der Waals surface area contributed by atoms with E-state index in [4.69, 9.17) is 17.3 Å². The van der Waals surface area contributed by atoms with Gasteiger partial charge in [0.2, 0.25) is 0 Å². The zero-order chi connectivity index (χ0) is 13.8. The van der Waals surface area contributed by atoms with Gasteiger partial charge in [0.15, 0.2) is 0 Å². The Morgan fingerprint density at radius 2 is 1.89 bits per heavy atom. The topological polar surface area (TPSA) is 59.1 Å². The first kappa shape index (κ1) is 13.8. The summed E-state index contributed by atoms with van der Waals surface area (Å²) in [4.78, 5) is 3.94. The highest BCUT2D eigenvalue weighted by molar-refractivity contribution is 6.30. The van der Waals surface area contributed by atoms with Crippen molar-refractivity contribution in [2.24, 2.45) is 0 Å². The highest BCUT2D eigenvalue weighted by Gasteiger charge is 2.13. The molecule has 1 atom stereocenters. The maximum Gasteiger partial charge on any atom is 0.145 e. The number of hydrogen-bond donors (Lipinski definition) is 2. The predicted octanol–water partition coefficient (Wildman–Crippen LogP) is 2.60. The molecule has 2 rings (SSSR count). The molecule has 1 aromatic heterocycles. The summed E-state index contributed by atoms with van der Waals surface area (Å²) in [6.45, 7) is 0. The van der Waals surface area contributed by atoms with Gasteiger partial charge in [-0.2, -0.15) is 0 Å². The largest absolute Gasteiger partial charge is 0.392 e. The number of benzene rings is 1. The molecule has 100 valence electrons. The Kier molecular flexibility index (Phi) is 4.35. The fourth-order valence-corrected chi connectivity index (χ4v) is 2.10. The number of rotatable bonds is 4. The van der Waals surface area contributed by atoms with Crippen LogP contribution in [0.3, 0.4) is 0 Å². The lowest BCUT2D eigenvalue weighted by Gasteiger charge is -2.12. The Balaban J connectivity index is 2.08. The lowest BCUT2D eigenvalue weighted by molar-refractivity contribution is 0.174. The average Bonchev–Trinajstić information content (AvgIpc) is 2.38. The van der Waals surface area contributed by atoms with E-state index < -0.39 is 11.9 Å². The molecule has 0 fully saturated rings. The molecule has 0 saturated carbocycles. The van der Waals surface area contributed by atoms with Crippen LogP contribution in [-0.2, 0) is 12.8 Å². The van der Waals surface area contributed by atoms with Gasteiger partial charge in [-0.25, -0.2) is 9.37 Å². The van der Waals surface area contributed by atoms with E-state index in [1.165, 1.54) is 6.07 Å². The van der Waals surface area contributed by atoms with E-state index >= 15 is 0 Å². The number of aliphatic hydroxyl groups is 1. The van der Waals surface area contributed by atoms with Crippen LogP contribution in [0, 0.1) is 5.82 Å². The highest BCUT2D eigenvalue weighted by Crippen LogP contribution is 2.20. The summed E-state index contributed by atoms with van der Waals surface area (Å²) in [5, 5.41) is 10.1. The van der Waals surface area contributed by atoms with Gasteiger partial charge in [0.05, 0.1) is 11.1 Å². The van der Waals surface area contributed by atoms with Crippen molar-refractivity contribution in [2.45, 2.75) is 18.9 Å². The molecule has 1 unspecified atom stereocenters. The van der Waals surface area contributed by atoms with Crippen LogP contribution in [0.1, 0.15) is 11.1 Å². The van der Waals surface area contributed by atoms with Gasteiger partial charge in [-0.05, 0) is 23.3 Å². The van der Waals surface area contributed by atoms with Crippen LogP contribution >= 0.6 is 11.6 Å². The summed E-state index contributed by atoms with van der Waals surface area (Å²) < 4.78 is 13.7. The van der Waals surface area contributed by atoms with Gasteiger partial charge in [-0.1, -0.05) is 29.8 Å². The first-order valence-electron chi connectivity index (χ1n) is 5.88. The lowest BCUT2D eigenvalue weighted by atomic mass is 10.0. The summed E-state index contributed by atoms with van der Waals surface area (Å²) in [5.41, 5.74) is 6.84. The highest BCUT2D eigenvalue weighted by atomic mass is 35.5. The second-order valence-electron chi connectivity index (χ2n) is 4.32. The van der Waals surface area contributed by atoms with Crippen LogP contribution in [0.2, 0.25) is 5.02 Å². The van der Waals surface area contributed by atoms with Crippen LogP contribution in [0.25, 0.3) is 0 Å². The molecule has 0 saturated heterocycles. The number of nitrogen functional groups attached to an aromatic ring is 1. The summed E-state index contributed by atoms with van der Waals surface area (Å²) in [6, 6.07) is 8.28. The molecule has 2 aromatic rings. The molecular weight excluding hydrogens is 267 g/mol. The Labute approximate surface area is 115 Å². The number of nitrogens with two attached hydrogens (primary N) is 1. The van der Waals surface area contributed by atoms with Crippen LogP contribution in [0.5, 0.6) is 0 Å².